The van der Waals surface area contributed by atoms with E-state index in [1.54, 1.807) is 25.8 Å². The zero-order valence-electron chi connectivity index (χ0n) is 18.5. The molecule has 1 saturated heterocycles. The number of methoxy groups -OCH3 is 1. The maximum atomic E-state index is 12.7. The second kappa shape index (κ2) is 12.6. The summed E-state index contributed by atoms with van der Waals surface area (Å²) in [7, 11) is 1.67. The van der Waals surface area contributed by atoms with E-state index in [1.807, 2.05) is 12.1 Å². The van der Waals surface area contributed by atoms with E-state index < -0.39 is 6.04 Å². The molecule has 172 valence electrons. The van der Waals surface area contributed by atoms with E-state index in [2.05, 4.69) is 27.5 Å². The van der Waals surface area contributed by atoms with Crippen LogP contribution in [0.2, 0.25) is 0 Å². The zero-order chi connectivity index (χ0) is 22.1. The zero-order valence-corrected chi connectivity index (χ0v) is 20.2. The minimum atomic E-state index is -0.554. The monoisotopic (exact) mass is 465 g/mol. The van der Waals surface area contributed by atoms with E-state index in [0.29, 0.717) is 11.2 Å². The van der Waals surface area contributed by atoms with Crippen LogP contribution in [0.3, 0.4) is 0 Å². The van der Waals surface area contributed by atoms with Crippen LogP contribution in [0.1, 0.15) is 44.6 Å². The third-order valence-electron chi connectivity index (χ3n) is 6.07. The minimum absolute atomic E-state index is 0.0955. The van der Waals surface area contributed by atoms with E-state index in [0.717, 1.165) is 30.2 Å². The van der Waals surface area contributed by atoms with Crippen molar-refractivity contribution in [1.29, 1.82) is 0 Å². The summed E-state index contributed by atoms with van der Waals surface area (Å²) in [5.74, 6) is 2.98. The molecule has 0 aromatic heterocycles. The number of hydrogen-bond acceptors (Lipinski definition) is 6. The first-order valence-electron chi connectivity index (χ1n) is 11.3. The summed E-state index contributed by atoms with van der Waals surface area (Å²) < 4.78 is 8.31. The second-order valence-corrected chi connectivity index (χ2v) is 10.6. The number of benzene rings is 1. The van der Waals surface area contributed by atoms with Gasteiger partial charge in [0.2, 0.25) is 5.91 Å². The molecule has 3 atom stereocenters. The summed E-state index contributed by atoms with van der Waals surface area (Å²) in [5.41, 5.74) is 1.25. The van der Waals surface area contributed by atoms with Gasteiger partial charge in [-0.3, -0.25) is 14.3 Å². The third kappa shape index (κ3) is 7.61. The number of carbonyl (C=O) groups excluding carboxylic acids is 2. The van der Waals surface area contributed by atoms with Crippen molar-refractivity contribution in [1.82, 2.24) is 15.4 Å². The van der Waals surface area contributed by atoms with Crippen LogP contribution in [0.5, 0.6) is 5.75 Å². The molecule has 0 bridgehead atoms. The standard InChI is InChI=1S/C23H35N3O3S2/c1-16(25-23(28)20-15-30-13-12-24-20)22(27)26-31-21(18-6-4-3-5-7-18)14-17-8-10-19(29-2)11-9-17/h8-11,16,18,20-21,24H,3-7,12-15H2,1-2H3,(H,25,28)(H,26,27)/t16-,20-,21?/m1/s1. The molecule has 1 aliphatic heterocycles. The lowest BCUT2D eigenvalue weighted by molar-refractivity contribution is -0.128. The quantitative estimate of drug-likeness (QED) is 0.486. The van der Waals surface area contributed by atoms with Gasteiger partial charge in [0.25, 0.3) is 5.91 Å². The molecule has 0 spiro atoms. The smallest absolute Gasteiger partial charge is 0.252 e. The van der Waals surface area contributed by atoms with Gasteiger partial charge < -0.3 is 15.4 Å². The van der Waals surface area contributed by atoms with Crippen molar-refractivity contribution < 1.29 is 14.3 Å². The van der Waals surface area contributed by atoms with Gasteiger partial charge in [-0.25, -0.2) is 0 Å². The highest BCUT2D eigenvalue weighted by Gasteiger charge is 2.28. The first-order valence-corrected chi connectivity index (χ1v) is 13.3. The molecule has 3 rings (SSSR count). The van der Waals surface area contributed by atoms with Crippen LogP contribution in [0.25, 0.3) is 0 Å². The predicted molar refractivity (Wildman–Crippen MR) is 130 cm³/mol. The summed E-state index contributed by atoms with van der Waals surface area (Å²) in [6, 6.07) is 7.43. The van der Waals surface area contributed by atoms with Gasteiger partial charge in [-0.2, -0.15) is 11.8 Å². The van der Waals surface area contributed by atoms with E-state index in [9.17, 15) is 9.59 Å². The summed E-state index contributed by atoms with van der Waals surface area (Å²) in [4.78, 5) is 25.1. The third-order valence-corrected chi connectivity index (χ3v) is 8.31. The number of rotatable bonds is 9. The Morgan fingerprint density at radius 3 is 2.61 bits per heavy atom. The molecule has 0 radical (unpaired) electrons. The number of nitrogens with one attached hydrogen (secondary N) is 3. The summed E-state index contributed by atoms with van der Waals surface area (Å²) in [5, 5.41) is 6.39. The van der Waals surface area contributed by atoms with E-state index >= 15 is 0 Å². The van der Waals surface area contributed by atoms with Crippen LogP contribution in [-0.4, -0.2) is 54.3 Å². The molecule has 1 aromatic rings. The van der Waals surface area contributed by atoms with Crippen molar-refractivity contribution in [2.24, 2.45) is 5.92 Å². The highest BCUT2D eigenvalue weighted by atomic mass is 32.2. The molecule has 1 unspecified atom stereocenters. The van der Waals surface area contributed by atoms with Gasteiger partial charge in [-0.05, 0) is 61.7 Å². The van der Waals surface area contributed by atoms with Gasteiger partial charge >= 0.3 is 0 Å². The molecular formula is C23H35N3O3S2. The Balaban J connectivity index is 1.53. The van der Waals surface area contributed by atoms with Crippen molar-refractivity contribution in [3.63, 3.8) is 0 Å². The van der Waals surface area contributed by atoms with Gasteiger partial charge in [-0.1, -0.05) is 31.4 Å². The molecule has 1 saturated carbocycles. The fourth-order valence-electron chi connectivity index (χ4n) is 4.14. The highest BCUT2D eigenvalue weighted by molar-refractivity contribution is 7.99. The Bertz CT molecular complexity index is 705. The van der Waals surface area contributed by atoms with E-state index in [-0.39, 0.29) is 17.9 Å². The molecular weight excluding hydrogens is 430 g/mol. The Labute approximate surface area is 194 Å². The topological polar surface area (TPSA) is 79.5 Å². The average Bonchev–Trinajstić information content (AvgIpc) is 2.83. The maximum Gasteiger partial charge on any atom is 0.252 e. The first-order chi connectivity index (χ1) is 15.1. The van der Waals surface area contributed by atoms with Crippen molar-refractivity contribution in [3.05, 3.63) is 29.8 Å². The normalized spacial score (nSPS) is 21.7. The fourth-order valence-corrected chi connectivity index (χ4v) is 6.26. The SMILES string of the molecule is COc1ccc(CC(SNC(=O)[C@@H](C)NC(=O)[C@H]2CSCCN2)C2CCCCC2)cc1. The van der Waals surface area contributed by atoms with Crippen LogP contribution >= 0.6 is 23.7 Å². The Morgan fingerprint density at radius 2 is 1.97 bits per heavy atom. The minimum Gasteiger partial charge on any atom is -0.497 e. The molecule has 1 heterocycles. The summed E-state index contributed by atoms with van der Waals surface area (Å²) >= 11 is 3.29. The van der Waals surface area contributed by atoms with Gasteiger partial charge in [0.15, 0.2) is 0 Å². The molecule has 2 aliphatic rings. The predicted octanol–water partition coefficient (Wildman–Crippen LogP) is 3.16. The summed E-state index contributed by atoms with van der Waals surface area (Å²) in [6.07, 6.45) is 7.15. The maximum absolute atomic E-state index is 12.7. The Kier molecular flexibility index (Phi) is 9.87. The average molecular weight is 466 g/mol. The van der Waals surface area contributed by atoms with Crippen LogP contribution in [0.4, 0.5) is 0 Å². The number of carbonyl (C=O) groups is 2. The fraction of sp³-hybridized carbons (Fsp3) is 0.652. The number of thioether (sulfide) groups is 1. The van der Waals surface area contributed by atoms with Crippen molar-refractivity contribution >= 4 is 35.5 Å². The Hall–Kier alpha value is -1.38. The molecule has 2 fully saturated rings. The van der Waals surface area contributed by atoms with Crippen molar-refractivity contribution in [2.45, 2.75) is 62.8 Å². The van der Waals surface area contributed by atoms with E-state index in [4.69, 9.17) is 4.74 Å². The molecule has 2 amide bonds. The lowest BCUT2D eigenvalue weighted by Gasteiger charge is -2.30. The lowest BCUT2D eigenvalue weighted by atomic mass is 9.85. The number of ether oxygens (including phenoxy) is 1. The molecule has 6 nitrogen and oxygen atoms in total. The largest absolute Gasteiger partial charge is 0.497 e. The number of hydrogen-bond donors (Lipinski definition) is 3. The van der Waals surface area contributed by atoms with Gasteiger partial charge in [0.1, 0.15) is 11.8 Å². The molecule has 1 aliphatic carbocycles. The lowest BCUT2D eigenvalue weighted by Crippen LogP contribution is -2.53. The molecule has 8 heteroatoms. The summed E-state index contributed by atoms with van der Waals surface area (Å²) in [6.45, 7) is 2.58. The van der Waals surface area contributed by atoms with Gasteiger partial charge in [0.05, 0.1) is 13.2 Å². The molecule has 1 aromatic carbocycles. The van der Waals surface area contributed by atoms with Gasteiger partial charge in [0, 0.05) is 23.3 Å². The number of amides is 2. The van der Waals surface area contributed by atoms with Crippen LogP contribution < -0.4 is 20.1 Å². The molecule has 31 heavy (non-hydrogen) atoms. The van der Waals surface area contributed by atoms with E-state index in [1.165, 1.54) is 49.6 Å². The second-order valence-electron chi connectivity index (χ2n) is 8.38. The van der Waals surface area contributed by atoms with Crippen LogP contribution in [-0.2, 0) is 16.0 Å². The van der Waals surface area contributed by atoms with Gasteiger partial charge in [-0.15, -0.1) is 0 Å². The van der Waals surface area contributed by atoms with Crippen LogP contribution in [0.15, 0.2) is 24.3 Å². The Morgan fingerprint density at radius 1 is 1.23 bits per heavy atom. The molecule has 3 N–H and O–H groups in total. The van der Waals surface area contributed by atoms with Crippen molar-refractivity contribution in [2.75, 3.05) is 25.2 Å². The first kappa shape index (κ1) is 24.3. The highest BCUT2D eigenvalue weighted by Crippen LogP contribution is 2.34. The van der Waals surface area contributed by atoms with Crippen LogP contribution in [0, 0.1) is 5.92 Å². The van der Waals surface area contributed by atoms with Crippen molar-refractivity contribution in [3.8, 4) is 5.75 Å².